The standard InChI is InChI=1S/C24H27N5O3S/c1-16-11-17(2)13-19(12-16)28-8-7-25-23(28)33-15-22(30)26-18-5-6-21-20(14-18)29(24(31)32-21)10-9-27(3)4/h5-8,11-14H,9-10,15H2,1-4H3,(H,26,30). The van der Waals surface area contributed by atoms with Crippen molar-refractivity contribution in [3.63, 3.8) is 0 Å². The number of carbonyl (C=O) groups is 1. The molecule has 0 aliphatic rings. The average Bonchev–Trinajstić information content (AvgIpc) is 3.33. The number of rotatable bonds is 8. The molecule has 0 bridgehead atoms. The maximum atomic E-state index is 12.6. The summed E-state index contributed by atoms with van der Waals surface area (Å²) in [6.07, 6.45) is 3.63. The quantitative estimate of drug-likeness (QED) is 0.400. The van der Waals surface area contributed by atoms with Crippen molar-refractivity contribution in [1.29, 1.82) is 0 Å². The zero-order valence-electron chi connectivity index (χ0n) is 19.2. The maximum Gasteiger partial charge on any atom is 0.419 e. The zero-order valence-corrected chi connectivity index (χ0v) is 20.0. The predicted octanol–water partition coefficient (Wildman–Crippen LogP) is 3.69. The van der Waals surface area contributed by atoms with Crippen LogP contribution in [0, 0.1) is 13.8 Å². The Morgan fingerprint density at radius 3 is 2.64 bits per heavy atom. The third kappa shape index (κ3) is 5.37. The molecular formula is C24H27N5O3S. The molecule has 1 N–H and O–H groups in total. The van der Waals surface area contributed by atoms with Crippen LogP contribution < -0.4 is 11.1 Å². The third-order valence-electron chi connectivity index (χ3n) is 5.15. The summed E-state index contributed by atoms with van der Waals surface area (Å²) in [6, 6.07) is 11.5. The van der Waals surface area contributed by atoms with Gasteiger partial charge in [-0.2, -0.15) is 0 Å². The third-order valence-corrected chi connectivity index (χ3v) is 6.11. The van der Waals surface area contributed by atoms with E-state index in [9.17, 15) is 9.59 Å². The molecule has 8 nitrogen and oxygen atoms in total. The second-order valence-corrected chi connectivity index (χ2v) is 9.21. The topological polar surface area (TPSA) is 85.3 Å². The Bertz CT molecular complexity index is 1330. The number of oxazole rings is 1. The normalized spacial score (nSPS) is 11.4. The van der Waals surface area contributed by atoms with Gasteiger partial charge in [0.05, 0.1) is 11.3 Å². The molecule has 33 heavy (non-hydrogen) atoms. The lowest BCUT2D eigenvalue weighted by Crippen LogP contribution is -2.23. The van der Waals surface area contributed by atoms with E-state index < -0.39 is 5.76 Å². The minimum absolute atomic E-state index is 0.153. The van der Waals surface area contributed by atoms with Crippen LogP contribution in [0.4, 0.5) is 5.69 Å². The van der Waals surface area contributed by atoms with Crippen molar-refractivity contribution in [3.05, 3.63) is 70.5 Å². The van der Waals surface area contributed by atoms with E-state index >= 15 is 0 Å². The number of hydrogen-bond donors (Lipinski definition) is 1. The SMILES string of the molecule is Cc1cc(C)cc(-n2ccnc2SCC(=O)Nc2ccc3oc(=O)n(CCN(C)C)c3c2)c1. The van der Waals surface area contributed by atoms with Gasteiger partial charge in [-0.15, -0.1) is 0 Å². The predicted molar refractivity (Wildman–Crippen MR) is 131 cm³/mol. The fourth-order valence-electron chi connectivity index (χ4n) is 3.66. The monoisotopic (exact) mass is 465 g/mol. The van der Waals surface area contributed by atoms with Crippen molar-refractivity contribution in [2.45, 2.75) is 25.5 Å². The summed E-state index contributed by atoms with van der Waals surface area (Å²) >= 11 is 1.37. The second kappa shape index (κ2) is 9.68. The maximum absolute atomic E-state index is 12.6. The van der Waals surface area contributed by atoms with Crippen LogP contribution >= 0.6 is 11.8 Å². The number of thioether (sulfide) groups is 1. The van der Waals surface area contributed by atoms with E-state index in [-0.39, 0.29) is 11.7 Å². The molecule has 0 atom stereocenters. The van der Waals surface area contributed by atoms with E-state index in [1.165, 1.54) is 22.9 Å². The van der Waals surface area contributed by atoms with Crippen LogP contribution in [0.1, 0.15) is 11.1 Å². The summed E-state index contributed by atoms with van der Waals surface area (Å²) in [7, 11) is 3.89. The highest BCUT2D eigenvalue weighted by atomic mass is 32.2. The first-order valence-electron chi connectivity index (χ1n) is 10.6. The van der Waals surface area contributed by atoms with Crippen LogP contribution in [0.5, 0.6) is 0 Å². The van der Waals surface area contributed by atoms with Gasteiger partial charge in [-0.3, -0.25) is 13.9 Å². The van der Waals surface area contributed by atoms with Gasteiger partial charge in [-0.1, -0.05) is 17.8 Å². The van der Waals surface area contributed by atoms with Gasteiger partial charge in [-0.05, 0) is 69.4 Å². The van der Waals surface area contributed by atoms with Gasteiger partial charge >= 0.3 is 5.76 Å². The Hall–Kier alpha value is -3.30. The highest BCUT2D eigenvalue weighted by molar-refractivity contribution is 7.99. The molecule has 0 fully saturated rings. The summed E-state index contributed by atoms with van der Waals surface area (Å²) in [5, 5.41) is 3.66. The fourth-order valence-corrected chi connectivity index (χ4v) is 4.43. The van der Waals surface area contributed by atoms with Gasteiger partial charge in [0.1, 0.15) is 0 Å². The van der Waals surface area contributed by atoms with Crippen molar-refractivity contribution in [2.24, 2.45) is 0 Å². The molecule has 0 spiro atoms. The summed E-state index contributed by atoms with van der Waals surface area (Å²) in [5.41, 5.74) is 5.15. The number of hydrogen-bond acceptors (Lipinski definition) is 6. The number of anilines is 1. The Labute approximate surface area is 196 Å². The smallest absolute Gasteiger partial charge is 0.408 e. The van der Waals surface area contributed by atoms with E-state index in [1.807, 2.05) is 29.8 Å². The number of aromatic nitrogens is 3. The van der Waals surface area contributed by atoms with Crippen molar-refractivity contribution in [1.82, 2.24) is 19.0 Å². The number of nitrogens with zero attached hydrogens (tertiary/aromatic N) is 4. The van der Waals surface area contributed by atoms with Crippen LogP contribution in [0.15, 0.2) is 63.2 Å². The number of carbonyl (C=O) groups excluding carboxylic acids is 1. The van der Waals surface area contributed by atoms with Crippen molar-refractivity contribution >= 4 is 34.5 Å². The van der Waals surface area contributed by atoms with Crippen LogP contribution in [-0.4, -0.2) is 51.3 Å². The molecule has 4 aromatic rings. The first kappa shape index (κ1) is 22.9. The lowest BCUT2D eigenvalue weighted by atomic mass is 10.1. The molecule has 0 radical (unpaired) electrons. The molecule has 2 aromatic heterocycles. The van der Waals surface area contributed by atoms with Crippen molar-refractivity contribution in [2.75, 3.05) is 31.7 Å². The van der Waals surface area contributed by atoms with Crippen LogP contribution in [0.3, 0.4) is 0 Å². The number of benzene rings is 2. The first-order chi connectivity index (χ1) is 15.8. The summed E-state index contributed by atoms with van der Waals surface area (Å²) in [5.74, 6) is -0.345. The lowest BCUT2D eigenvalue weighted by Gasteiger charge is -2.11. The first-order valence-corrected chi connectivity index (χ1v) is 11.6. The van der Waals surface area contributed by atoms with Crippen LogP contribution in [-0.2, 0) is 11.3 Å². The van der Waals surface area contributed by atoms with Crippen LogP contribution in [0.2, 0.25) is 0 Å². The molecule has 0 aliphatic heterocycles. The Morgan fingerprint density at radius 1 is 1.15 bits per heavy atom. The summed E-state index contributed by atoms with van der Waals surface area (Å²) in [6.45, 7) is 5.33. The molecule has 1 amide bonds. The van der Waals surface area contributed by atoms with E-state index in [4.69, 9.17) is 4.42 Å². The van der Waals surface area contributed by atoms with Crippen molar-refractivity contribution < 1.29 is 9.21 Å². The molecule has 0 saturated heterocycles. The lowest BCUT2D eigenvalue weighted by molar-refractivity contribution is -0.113. The highest BCUT2D eigenvalue weighted by Crippen LogP contribution is 2.23. The van der Waals surface area contributed by atoms with E-state index in [0.717, 1.165) is 10.8 Å². The molecule has 0 unspecified atom stereocenters. The largest absolute Gasteiger partial charge is 0.419 e. The molecule has 9 heteroatoms. The van der Waals surface area contributed by atoms with E-state index in [0.29, 0.717) is 29.9 Å². The molecule has 4 rings (SSSR count). The van der Waals surface area contributed by atoms with E-state index in [2.05, 4.69) is 42.3 Å². The second-order valence-electron chi connectivity index (χ2n) is 8.27. The van der Waals surface area contributed by atoms with Gasteiger partial charge in [0.15, 0.2) is 10.7 Å². The molecular weight excluding hydrogens is 438 g/mol. The number of imidazole rings is 1. The molecule has 172 valence electrons. The molecule has 0 saturated carbocycles. The molecule has 2 aromatic carbocycles. The number of fused-ring (bicyclic) bond motifs is 1. The van der Waals surface area contributed by atoms with Gasteiger partial charge in [-0.25, -0.2) is 9.78 Å². The zero-order chi connectivity index (χ0) is 23.5. The minimum atomic E-state index is -0.399. The number of likely N-dealkylation sites (N-methyl/N-ethyl adjacent to an activating group) is 1. The fraction of sp³-hybridized carbons (Fsp3) is 0.292. The Kier molecular flexibility index (Phi) is 6.71. The molecule has 2 heterocycles. The average molecular weight is 466 g/mol. The van der Waals surface area contributed by atoms with Gasteiger partial charge in [0, 0.05) is 36.9 Å². The van der Waals surface area contributed by atoms with Crippen LogP contribution in [0.25, 0.3) is 16.8 Å². The number of nitrogens with one attached hydrogen (secondary N) is 1. The van der Waals surface area contributed by atoms with Gasteiger partial charge < -0.3 is 14.6 Å². The summed E-state index contributed by atoms with van der Waals surface area (Å²) in [4.78, 5) is 31.2. The Morgan fingerprint density at radius 2 is 1.91 bits per heavy atom. The number of amides is 1. The Balaban J connectivity index is 1.45. The molecule has 0 aliphatic carbocycles. The van der Waals surface area contributed by atoms with Crippen molar-refractivity contribution in [3.8, 4) is 5.69 Å². The number of aryl methyl sites for hydroxylation is 2. The summed E-state index contributed by atoms with van der Waals surface area (Å²) < 4.78 is 8.89. The minimum Gasteiger partial charge on any atom is -0.408 e. The highest BCUT2D eigenvalue weighted by Gasteiger charge is 2.13. The van der Waals surface area contributed by atoms with Gasteiger partial charge in [0.2, 0.25) is 5.91 Å². The van der Waals surface area contributed by atoms with E-state index in [1.54, 1.807) is 29.0 Å². The van der Waals surface area contributed by atoms with Gasteiger partial charge in [0.25, 0.3) is 0 Å².